The third-order valence-electron chi connectivity index (χ3n) is 4.32. The lowest BCUT2D eigenvalue weighted by Gasteiger charge is -2.16. The van der Waals surface area contributed by atoms with Gasteiger partial charge in [0, 0.05) is 0 Å². The van der Waals surface area contributed by atoms with E-state index in [-0.39, 0.29) is 0 Å². The fourth-order valence-electron chi connectivity index (χ4n) is 3.15. The molecule has 2 rings (SSSR count). The van der Waals surface area contributed by atoms with Crippen molar-refractivity contribution in [1.82, 2.24) is 0 Å². The molecule has 0 nitrogen and oxygen atoms in total. The first-order valence-corrected chi connectivity index (χ1v) is 8.67. The normalized spacial score (nSPS) is 12.6. The van der Waals surface area contributed by atoms with Crippen molar-refractivity contribution in [2.75, 3.05) is 0 Å². The number of aryl methyl sites for hydroxylation is 2. The molecule has 0 N–H and O–H groups in total. The largest absolute Gasteiger partial charge is 0.0625 e. The molecule has 0 heterocycles. The molecule has 0 aliphatic carbocycles. The summed E-state index contributed by atoms with van der Waals surface area (Å²) in [6.45, 7) is 9.20. The molecular weight excluding hydrogens is 264 g/mol. The maximum Gasteiger partial charge on any atom is -0.0253 e. The van der Waals surface area contributed by atoms with Gasteiger partial charge in [0.2, 0.25) is 0 Å². The smallest absolute Gasteiger partial charge is 0.0253 e. The van der Waals surface area contributed by atoms with Gasteiger partial charge in [-0.05, 0) is 61.1 Å². The molecule has 0 spiro atoms. The summed E-state index contributed by atoms with van der Waals surface area (Å²) in [5.41, 5.74) is 5.96. The van der Waals surface area contributed by atoms with Gasteiger partial charge in [0.15, 0.2) is 0 Å². The average molecular weight is 294 g/mol. The van der Waals surface area contributed by atoms with Crippen LogP contribution in [0.1, 0.15) is 49.4 Å². The van der Waals surface area contributed by atoms with E-state index in [1.165, 1.54) is 36.8 Å². The molecule has 2 aromatic carbocycles. The number of benzene rings is 2. The molecule has 0 saturated heterocycles. The van der Waals surface area contributed by atoms with Crippen LogP contribution in [0.3, 0.4) is 0 Å². The highest BCUT2D eigenvalue weighted by molar-refractivity contribution is 5.32. The van der Waals surface area contributed by atoms with Crippen molar-refractivity contribution >= 4 is 0 Å². The van der Waals surface area contributed by atoms with E-state index in [0.717, 1.165) is 11.8 Å². The van der Waals surface area contributed by atoms with Crippen LogP contribution in [0.15, 0.2) is 48.5 Å². The van der Waals surface area contributed by atoms with Crippen LogP contribution in [-0.2, 0) is 19.3 Å². The van der Waals surface area contributed by atoms with Crippen LogP contribution >= 0.6 is 0 Å². The molecule has 0 bridgehead atoms. The monoisotopic (exact) mass is 294 g/mol. The van der Waals surface area contributed by atoms with Gasteiger partial charge in [-0.15, -0.1) is 0 Å². The van der Waals surface area contributed by atoms with Crippen molar-refractivity contribution in [3.63, 3.8) is 0 Å². The fraction of sp³-hybridized carbons (Fsp3) is 0.455. The Hall–Kier alpha value is -1.56. The van der Waals surface area contributed by atoms with Crippen molar-refractivity contribution in [3.05, 3.63) is 70.8 Å². The molecule has 0 saturated carbocycles. The summed E-state index contributed by atoms with van der Waals surface area (Å²) in [5, 5.41) is 0. The SMILES string of the molecule is Cc1ccc(CCC(C)Cc2ccccc2)c(CC(C)C)c1. The summed E-state index contributed by atoms with van der Waals surface area (Å²) < 4.78 is 0. The summed E-state index contributed by atoms with van der Waals surface area (Å²) in [6.07, 6.45) is 4.86. The summed E-state index contributed by atoms with van der Waals surface area (Å²) in [7, 11) is 0. The Kier molecular flexibility index (Phi) is 6.24. The molecule has 0 fully saturated rings. The molecule has 0 aliphatic rings. The zero-order valence-electron chi connectivity index (χ0n) is 14.6. The van der Waals surface area contributed by atoms with Crippen LogP contribution in [0.2, 0.25) is 0 Å². The second kappa shape index (κ2) is 8.17. The van der Waals surface area contributed by atoms with Gasteiger partial charge in [-0.3, -0.25) is 0 Å². The lowest BCUT2D eigenvalue weighted by atomic mass is 9.90. The Morgan fingerprint density at radius 1 is 0.818 bits per heavy atom. The van der Waals surface area contributed by atoms with Gasteiger partial charge in [-0.2, -0.15) is 0 Å². The molecule has 1 unspecified atom stereocenters. The Bertz CT molecular complexity index is 566. The minimum atomic E-state index is 0.724. The molecule has 22 heavy (non-hydrogen) atoms. The number of hydrogen-bond acceptors (Lipinski definition) is 0. The van der Waals surface area contributed by atoms with Crippen LogP contribution in [0.4, 0.5) is 0 Å². The third-order valence-corrected chi connectivity index (χ3v) is 4.32. The molecule has 0 aromatic heterocycles. The van der Waals surface area contributed by atoms with Crippen molar-refractivity contribution in [1.29, 1.82) is 0 Å². The quantitative estimate of drug-likeness (QED) is 0.587. The highest BCUT2D eigenvalue weighted by Crippen LogP contribution is 2.21. The highest BCUT2D eigenvalue weighted by atomic mass is 14.1. The maximum absolute atomic E-state index is 2.39. The summed E-state index contributed by atoms with van der Waals surface area (Å²) in [5.74, 6) is 1.46. The summed E-state index contributed by atoms with van der Waals surface area (Å²) in [6, 6.07) is 17.9. The van der Waals surface area contributed by atoms with Crippen molar-refractivity contribution < 1.29 is 0 Å². The van der Waals surface area contributed by atoms with Gasteiger partial charge in [0.25, 0.3) is 0 Å². The van der Waals surface area contributed by atoms with E-state index in [0.29, 0.717) is 0 Å². The Balaban J connectivity index is 1.95. The zero-order chi connectivity index (χ0) is 15.9. The van der Waals surface area contributed by atoms with Gasteiger partial charge in [0.1, 0.15) is 0 Å². The molecule has 2 aromatic rings. The molecule has 1 atom stereocenters. The van der Waals surface area contributed by atoms with Crippen LogP contribution in [0.5, 0.6) is 0 Å². The predicted octanol–water partition coefficient (Wildman–Crippen LogP) is 6.00. The maximum atomic E-state index is 2.39. The van der Waals surface area contributed by atoms with Crippen LogP contribution in [-0.4, -0.2) is 0 Å². The molecule has 0 amide bonds. The van der Waals surface area contributed by atoms with Gasteiger partial charge in [0.05, 0.1) is 0 Å². The topological polar surface area (TPSA) is 0 Å². The standard InChI is InChI=1S/C22H30/c1-17(2)14-22-16-19(4)11-13-21(22)12-10-18(3)15-20-8-6-5-7-9-20/h5-9,11,13,16-18H,10,12,14-15H2,1-4H3. The lowest BCUT2D eigenvalue weighted by molar-refractivity contribution is 0.527. The second-order valence-corrected chi connectivity index (χ2v) is 7.20. The van der Waals surface area contributed by atoms with E-state index in [2.05, 4.69) is 76.2 Å². The minimum Gasteiger partial charge on any atom is -0.0625 e. The van der Waals surface area contributed by atoms with Gasteiger partial charge in [-0.1, -0.05) is 74.9 Å². The van der Waals surface area contributed by atoms with Gasteiger partial charge >= 0.3 is 0 Å². The molecule has 118 valence electrons. The zero-order valence-corrected chi connectivity index (χ0v) is 14.6. The Labute approximate surface area is 136 Å². The Morgan fingerprint density at radius 3 is 2.23 bits per heavy atom. The van der Waals surface area contributed by atoms with Gasteiger partial charge in [-0.25, -0.2) is 0 Å². The number of hydrogen-bond donors (Lipinski definition) is 0. The van der Waals surface area contributed by atoms with Crippen molar-refractivity contribution in [2.24, 2.45) is 11.8 Å². The first kappa shape index (κ1) is 16.8. The van der Waals surface area contributed by atoms with E-state index >= 15 is 0 Å². The second-order valence-electron chi connectivity index (χ2n) is 7.20. The van der Waals surface area contributed by atoms with E-state index < -0.39 is 0 Å². The lowest BCUT2D eigenvalue weighted by Crippen LogP contribution is -2.05. The third kappa shape index (κ3) is 5.33. The van der Waals surface area contributed by atoms with Gasteiger partial charge < -0.3 is 0 Å². The van der Waals surface area contributed by atoms with Crippen LogP contribution in [0, 0.1) is 18.8 Å². The first-order valence-electron chi connectivity index (χ1n) is 8.67. The fourth-order valence-corrected chi connectivity index (χ4v) is 3.15. The van der Waals surface area contributed by atoms with Crippen molar-refractivity contribution in [3.8, 4) is 0 Å². The average Bonchev–Trinajstić information content (AvgIpc) is 2.47. The van der Waals surface area contributed by atoms with Crippen molar-refractivity contribution in [2.45, 2.75) is 53.4 Å². The van der Waals surface area contributed by atoms with E-state index in [9.17, 15) is 0 Å². The molecular formula is C22H30. The minimum absolute atomic E-state index is 0.724. The van der Waals surface area contributed by atoms with E-state index in [4.69, 9.17) is 0 Å². The molecule has 0 heteroatoms. The van der Waals surface area contributed by atoms with Crippen LogP contribution < -0.4 is 0 Å². The summed E-state index contributed by atoms with van der Waals surface area (Å²) >= 11 is 0. The Morgan fingerprint density at radius 2 is 1.55 bits per heavy atom. The first-order chi connectivity index (χ1) is 10.5. The van der Waals surface area contributed by atoms with E-state index in [1.807, 2.05) is 0 Å². The summed E-state index contributed by atoms with van der Waals surface area (Å²) in [4.78, 5) is 0. The highest BCUT2D eigenvalue weighted by Gasteiger charge is 2.09. The number of rotatable bonds is 7. The predicted molar refractivity (Wildman–Crippen MR) is 97.4 cm³/mol. The van der Waals surface area contributed by atoms with E-state index in [1.54, 1.807) is 11.1 Å². The molecule has 0 radical (unpaired) electrons. The molecule has 0 aliphatic heterocycles. The van der Waals surface area contributed by atoms with Crippen LogP contribution in [0.25, 0.3) is 0 Å².